The van der Waals surface area contributed by atoms with E-state index in [0.717, 1.165) is 17.3 Å². The number of rotatable bonds is 4. The first-order valence-electron chi connectivity index (χ1n) is 8.15. The minimum absolute atomic E-state index is 0.0307. The summed E-state index contributed by atoms with van der Waals surface area (Å²) >= 11 is 0.991. The molecule has 0 aliphatic carbocycles. The number of para-hydroxylation sites is 1. The van der Waals surface area contributed by atoms with Crippen LogP contribution in [0.15, 0.2) is 63.3 Å². The zero-order chi connectivity index (χ0) is 20.3. The average molecular weight is 416 g/mol. The van der Waals surface area contributed by atoms with E-state index in [1.807, 2.05) is 6.92 Å². The van der Waals surface area contributed by atoms with Gasteiger partial charge in [0.1, 0.15) is 10.6 Å². The second-order valence-corrected chi connectivity index (χ2v) is 8.48. The third-order valence-corrected chi connectivity index (χ3v) is 5.77. The molecule has 0 radical (unpaired) electrons. The summed E-state index contributed by atoms with van der Waals surface area (Å²) in [5.74, 6) is -0.782. The first-order chi connectivity index (χ1) is 13.2. The van der Waals surface area contributed by atoms with Crippen LogP contribution in [0.5, 0.6) is 5.75 Å². The first kappa shape index (κ1) is 19.8. The lowest BCUT2D eigenvalue weighted by molar-refractivity contribution is -0.117. The number of amidine groups is 1. The maximum atomic E-state index is 12.6. The molecule has 0 unspecified atom stereocenters. The van der Waals surface area contributed by atoms with Gasteiger partial charge in [0.2, 0.25) is 5.91 Å². The topological polar surface area (TPSA) is 102 Å². The normalized spacial score (nSPS) is 15.4. The lowest BCUT2D eigenvalue weighted by Crippen LogP contribution is -2.23. The number of hydrogen-bond donors (Lipinski definition) is 1. The number of nitrogens with zero attached hydrogens (tertiary/aromatic N) is 1. The Labute approximate surface area is 166 Å². The standard InChI is InChI=1S/C19H16N2O5S2/c1-12-7-9-15(10-8-12)28(24,25)26-16-6-4-3-5-14(16)11-17-18(23)21-19(27-17)20-13(2)22/h3-11H,1-2H3,(H,20,21,22,23)/b17-11-. The highest BCUT2D eigenvalue weighted by atomic mass is 32.2. The van der Waals surface area contributed by atoms with Crippen molar-refractivity contribution in [2.75, 3.05) is 0 Å². The molecule has 0 atom stereocenters. The number of aliphatic imine (C=N–C) groups is 1. The first-order valence-corrected chi connectivity index (χ1v) is 10.4. The summed E-state index contributed by atoms with van der Waals surface area (Å²) in [5, 5.41) is 2.63. The summed E-state index contributed by atoms with van der Waals surface area (Å²) in [5.41, 5.74) is 1.32. The molecule has 2 aromatic carbocycles. The van der Waals surface area contributed by atoms with E-state index in [0.29, 0.717) is 5.56 Å². The largest absolute Gasteiger partial charge is 0.378 e. The van der Waals surface area contributed by atoms with Gasteiger partial charge in [0.15, 0.2) is 5.17 Å². The molecule has 1 heterocycles. The van der Waals surface area contributed by atoms with Crippen molar-refractivity contribution in [1.82, 2.24) is 5.32 Å². The van der Waals surface area contributed by atoms with E-state index in [1.54, 1.807) is 30.3 Å². The van der Waals surface area contributed by atoms with Crippen LogP contribution in [0.4, 0.5) is 0 Å². The number of carbonyl (C=O) groups excluding carboxylic acids is 2. The van der Waals surface area contributed by atoms with Crippen molar-refractivity contribution in [2.24, 2.45) is 4.99 Å². The van der Waals surface area contributed by atoms with Crippen LogP contribution in [-0.2, 0) is 19.7 Å². The van der Waals surface area contributed by atoms with Crippen LogP contribution >= 0.6 is 11.8 Å². The second-order valence-electron chi connectivity index (χ2n) is 5.90. The van der Waals surface area contributed by atoms with Gasteiger partial charge in [0.05, 0.1) is 4.91 Å². The van der Waals surface area contributed by atoms with Crippen LogP contribution in [0, 0.1) is 6.92 Å². The fourth-order valence-corrected chi connectivity index (χ4v) is 4.11. The number of amides is 2. The molecular formula is C19H16N2O5S2. The molecule has 1 N–H and O–H groups in total. The van der Waals surface area contributed by atoms with Gasteiger partial charge in [-0.15, -0.1) is 0 Å². The molecule has 0 aromatic heterocycles. The monoisotopic (exact) mass is 416 g/mol. The molecule has 3 rings (SSSR count). The Kier molecular flexibility index (Phi) is 5.66. The van der Waals surface area contributed by atoms with Crippen molar-refractivity contribution < 1.29 is 22.2 Å². The van der Waals surface area contributed by atoms with E-state index < -0.39 is 16.0 Å². The number of hydrogen-bond acceptors (Lipinski definition) is 6. The molecule has 1 aliphatic heterocycles. The molecule has 144 valence electrons. The summed E-state index contributed by atoms with van der Waals surface area (Å²) < 4.78 is 30.4. The molecule has 9 heteroatoms. The smallest absolute Gasteiger partial charge is 0.339 e. The Hall–Kier alpha value is -2.91. The summed E-state index contributed by atoms with van der Waals surface area (Å²) in [6, 6.07) is 12.7. The van der Waals surface area contributed by atoms with Crippen LogP contribution in [0.3, 0.4) is 0 Å². The molecule has 7 nitrogen and oxygen atoms in total. The maximum absolute atomic E-state index is 12.6. The Bertz CT molecular complexity index is 1100. The zero-order valence-electron chi connectivity index (χ0n) is 15.0. The molecule has 0 bridgehead atoms. The van der Waals surface area contributed by atoms with Crippen molar-refractivity contribution in [1.29, 1.82) is 0 Å². The van der Waals surface area contributed by atoms with Gasteiger partial charge in [-0.2, -0.15) is 13.4 Å². The third-order valence-electron chi connectivity index (χ3n) is 3.62. The van der Waals surface area contributed by atoms with Gasteiger partial charge in [-0.25, -0.2) is 0 Å². The van der Waals surface area contributed by atoms with Gasteiger partial charge >= 0.3 is 10.1 Å². The highest BCUT2D eigenvalue weighted by molar-refractivity contribution is 8.18. The fourth-order valence-electron chi connectivity index (χ4n) is 2.30. The Balaban J connectivity index is 1.87. The number of thioether (sulfide) groups is 1. The Morgan fingerprint density at radius 2 is 1.82 bits per heavy atom. The minimum Gasteiger partial charge on any atom is -0.378 e. The van der Waals surface area contributed by atoms with Gasteiger partial charge < -0.3 is 9.50 Å². The Morgan fingerprint density at radius 3 is 2.50 bits per heavy atom. The molecular weight excluding hydrogens is 400 g/mol. The summed E-state index contributed by atoms with van der Waals surface area (Å²) in [6.07, 6.45) is 1.48. The van der Waals surface area contributed by atoms with Crippen molar-refractivity contribution in [3.05, 3.63) is 64.6 Å². The van der Waals surface area contributed by atoms with E-state index in [1.165, 1.54) is 31.2 Å². The van der Waals surface area contributed by atoms with Crippen molar-refractivity contribution >= 4 is 44.9 Å². The van der Waals surface area contributed by atoms with Crippen LogP contribution in [0.1, 0.15) is 18.1 Å². The van der Waals surface area contributed by atoms with Crippen LogP contribution in [0.2, 0.25) is 0 Å². The lowest BCUT2D eigenvalue weighted by atomic mass is 10.2. The number of aryl methyl sites for hydroxylation is 1. The van der Waals surface area contributed by atoms with Crippen LogP contribution in [-0.4, -0.2) is 25.4 Å². The molecule has 0 saturated carbocycles. The SMILES string of the molecule is CC(=O)NC1=NC(=O)/C(=C/c2ccccc2OS(=O)(=O)c2ccc(C)cc2)S1. The molecule has 2 amide bonds. The lowest BCUT2D eigenvalue weighted by Gasteiger charge is -2.10. The van der Waals surface area contributed by atoms with E-state index >= 15 is 0 Å². The van der Waals surface area contributed by atoms with Crippen molar-refractivity contribution in [3.63, 3.8) is 0 Å². The number of benzene rings is 2. The third kappa shape index (κ3) is 4.68. The highest BCUT2D eigenvalue weighted by Crippen LogP contribution is 2.31. The molecule has 0 spiro atoms. The summed E-state index contributed by atoms with van der Waals surface area (Å²) in [4.78, 5) is 27.2. The summed E-state index contributed by atoms with van der Waals surface area (Å²) in [7, 11) is -4.03. The minimum atomic E-state index is -4.03. The second kappa shape index (κ2) is 7.99. The molecule has 0 fully saturated rings. The van der Waals surface area contributed by atoms with Gasteiger partial charge in [0.25, 0.3) is 5.91 Å². The van der Waals surface area contributed by atoms with Crippen LogP contribution < -0.4 is 9.50 Å². The fraction of sp³-hybridized carbons (Fsp3) is 0.105. The Morgan fingerprint density at radius 1 is 1.14 bits per heavy atom. The zero-order valence-corrected chi connectivity index (χ0v) is 16.6. The van der Waals surface area contributed by atoms with E-state index in [2.05, 4.69) is 10.3 Å². The van der Waals surface area contributed by atoms with Gasteiger partial charge in [-0.3, -0.25) is 9.59 Å². The van der Waals surface area contributed by atoms with Gasteiger partial charge in [0, 0.05) is 12.5 Å². The molecule has 28 heavy (non-hydrogen) atoms. The van der Waals surface area contributed by atoms with E-state index in [4.69, 9.17) is 4.18 Å². The van der Waals surface area contributed by atoms with Gasteiger partial charge in [-0.1, -0.05) is 35.9 Å². The predicted molar refractivity (Wildman–Crippen MR) is 107 cm³/mol. The maximum Gasteiger partial charge on any atom is 0.339 e. The number of nitrogens with one attached hydrogen (secondary N) is 1. The quantitative estimate of drug-likeness (QED) is 0.607. The van der Waals surface area contributed by atoms with Crippen molar-refractivity contribution in [2.45, 2.75) is 18.7 Å². The highest BCUT2D eigenvalue weighted by Gasteiger charge is 2.24. The molecule has 2 aromatic rings. The average Bonchev–Trinajstić information content (AvgIpc) is 2.95. The molecule has 1 aliphatic rings. The van der Waals surface area contributed by atoms with E-state index in [9.17, 15) is 18.0 Å². The predicted octanol–water partition coefficient (Wildman–Crippen LogP) is 2.87. The van der Waals surface area contributed by atoms with Crippen molar-refractivity contribution in [3.8, 4) is 5.75 Å². The number of carbonyl (C=O) groups is 2. The van der Waals surface area contributed by atoms with E-state index in [-0.39, 0.29) is 26.6 Å². The van der Waals surface area contributed by atoms with Gasteiger partial charge in [-0.05, 0) is 43.0 Å². The summed E-state index contributed by atoms with van der Waals surface area (Å²) in [6.45, 7) is 3.17. The van der Waals surface area contributed by atoms with Crippen LogP contribution in [0.25, 0.3) is 6.08 Å². The molecule has 0 saturated heterocycles.